The highest BCUT2D eigenvalue weighted by Gasteiger charge is 2.18. The summed E-state index contributed by atoms with van der Waals surface area (Å²) in [5.74, 6) is -1.87. The molecule has 0 saturated carbocycles. The maximum Gasteiger partial charge on any atom is 0.359 e. The van der Waals surface area contributed by atoms with Gasteiger partial charge < -0.3 is 15.4 Å². The van der Waals surface area contributed by atoms with Crippen molar-refractivity contribution in [1.82, 2.24) is 10.3 Å². The zero-order valence-corrected chi connectivity index (χ0v) is 18.5. The lowest BCUT2D eigenvalue weighted by Gasteiger charge is -2.12. The number of aryl methyl sites for hydroxylation is 1. The summed E-state index contributed by atoms with van der Waals surface area (Å²) < 4.78 is 4.96. The third kappa shape index (κ3) is 6.29. The molecule has 0 bridgehead atoms. The van der Waals surface area contributed by atoms with E-state index in [0.29, 0.717) is 6.54 Å². The van der Waals surface area contributed by atoms with Crippen LogP contribution in [-0.4, -0.2) is 29.4 Å². The first-order valence-electron chi connectivity index (χ1n) is 9.55. The number of nitrogens with zero attached hydrogens (tertiary/aromatic N) is 1. The Morgan fingerprint density at radius 2 is 1.69 bits per heavy atom. The van der Waals surface area contributed by atoms with Crippen molar-refractivity contribution in [3.63, 3.8) is 0 Å². The second-order valence-corrected chi connectivity index (χ2v) is 7.60. The van der Waals surface area contributed by atoms with Gasteiger partial charge in [-0.2, -0.15) is 0 Å². The molecule has 32 heavy (non-hydrogen) atoms. The normalized spacial score (nSPS) is 10.3. The number of aromatic nitrogens is 1. The van der Waals surface area contributed by atoms with Crippen LogP contribution in [0.3, 0.4) is 0 Å². The quantitative estimate of drug-likeness (QED) is 0.392. The molecule has 0 atom stereocenters. The van der Waals surface area contributed by atoms with E-state index in [4.69, 9.17) is 27.9 Å². The number of anilines is 1. The number of amides is 2. The van der Waals surface area contributed by atoms with Gasteiger partial charge in [-0.3, -0.25) is 9.59 Å². The van der Waals surface area contributed by atoms with Gasteiger partial charge in [-0.15, -0.1) is 0 Å². The number of carbonyl (C=O) groups is 3. The summed E-state index contributed by atoms with van der Waals surface area (Å²) in [6.45, 7) is 1.73. The number of ether oxygens (including phenoxy) is 1. The third-order valence-electron chi connectivity index (χ3n) is 4.36. The Labute approximate surface area is 194 Å². The number of benzene rings is 2. The molecular weight excluding hydrogens is 453 g/mol. The number of esters is 1. The fraction of sp³-hybridized carbons (Fsp3) is 0.130. The van der Waals surface area contributed by atoms with Crippen LogP contribution in [0.25, 0.3) is 0 Å². The lowest BCUT2D eigenvalue weighted by atomic mass is 10.1. The van der Waals surface area contributed by atoms with Gasteiger partial charge in [-0.1, -0.05) is 65.2 Å². The van der Waals surface area contributed by atoms with Crippen LogP contribution < -0.4 is 10.6 Å². The second-order valence-electron chi connectivity index (χ2n) is 6.80. The molecule has 0 aliphatic rings. The van der Waals surface area contributed by atoms with Crippen molar-refractivity contribution in [3.8, 4) is 0 Å². The SMILES string of the molecule is Cc1ccc(CNC(=O)c2ccccc2NC(=O)COC(=O)c2nc(Cl)ccc2Cl)cc1. The highest BCUT2D eigenvalue weighted by Crippen LogP contribution is 2.18. The molecule has 1 heterocycles. The van der Waals surface area contributed by atoms with Crippen LogP contribution in [-0.2, 0) is 16.1 Å². The van der Waals surface area contributed by atoms with Crippen LogP contribution in [0.1, 0.15) is 32.0 Å². The van der Waals surface area contributed by atoms with E-state index in [9.17, 15) is 14.4 Å². The molecule has 0 saturated heterocycles. The number of rotatable bonds is 7. The molecule has 2 aromatic carbocycles. The fourth-order valence-corrected chi connectivity index (χ4v) is 3.05. The molecule has 2 amide bonds. The van der Waals surface area contributed by atoms with E-state index in [-0.39, 0.29) is 33.0 Å². The molecule has 0 aliphatic carbocycles. The molecule has 0 spiro atoms. The fourth-order valence-electron chi connectivity index (χ4n) is 2.72. The standard InChI is InChI=1S/C23H19Cl2N3O4/c1-14-6-8-15(9-7-14)12-26-22(30)16-4-2-3-5-18(16)27-20(29)13-32-23(31)21-17(24)10-11-19(25)28-21/h2-11H,12-13H2,1H3,(H,26,30)(H,27,29). The third-order valence-corrected chi connectivity index (χ3v) is 4.87. The van der Waals surface area contributed by atoms with Crippen molar-refractivity contribution >= 4 is 46.7 Å². The van der Waals surface area contributed by atoms with E-state index in [2.05, 4.69) is 15.6 Å². The van der Waals surface area contributed by atoms with E-state index in [1.807, 2.05) is 31.2 Å². The summed E-state index contributed by atoms with van der Waals surface area (Å²) in [7, 11) is 0. The molecule has 1 aromatic heterocycles. The zero-order chi connectivity index (χ0) is 23.1. The van der Waals surface area contributed by atoms with Crippen molar-refractivity contribution < 1.29 is 19.1 Å². The van der Waals surface area contributed by atoms with Gasteiger partial charge in [0.25, 0.3) is 11.8 Å². The first-order chi connectivity index (χ1) is 15.3. The number of nitrogens with one attached hydrogen (secondary N) is 2. The van der Waals surface area contributed by atoms with Crippen molar-refractivity contribution in [1.29, 1.82) is 0 Å². The lowest BCUT2D eigenvalue weighted by Crippen LogP contribution is -2.26. The Kier molecular flexibility index (Phi) is 7.81. The van der Waals surface area contributed by atoms with Crippen molar-refractivity contribution in [2.45, 2.75) is 13.5 Å². The topological polar surface area (TPSA) is 97.4 Å². The summed E-state index contributed by atoms with van der Waals surface area (Å²) >= 11 is 11.7. The number of para-hydroxylation sites is 1. The molecular formula is C23H19Cl2N3O4. The van der Waals surface area contributed by atoms with Crippen molar-refractivity contribution in [2.75, 3.05) is 11.9 Å². The largest absolute Gasteiger partial charge is 0.451 e. The molecule has 7 nitrogen and oxygen atoms in total. The van der Waals surface area contributed by atoms with Gasteiger partial charge in [0.1, 0.15) is 5.15 Å². The Balaban J connectivity index is 1.59. The van der Waals surface area contributed by atoms with Gasteiger partial charge >= 0.3 is 5.97 Å². The van der Waals surface area contributed by atoms with Crippen LogP contribution in [0, 0.1) is 6.92 Å². The monoisotopic (exact) mass is 471 g/mol. The molecule has 0 radical (unpaired) electrons. The van der Waals surface area contributed by atoms with Crippen molar-refractivity contribution in [3.05, 3.63) is 93.2 Å². The van der Waals surface area contributed by atoms with E-state index >= 15 is 0 Å². The minimum Gasteiger partial charge on any atom is -0.451 e. The van der Waals surface area contributed by atoms with Crippen molar-refractivity contribution in [2.24, 2.45) is 0 Å². The van der Waals surface area contributed by atoms with Crippen LogP contribution in [0.2, 0.25) is 10.2 Å². The lowest BCUT2D eigenvalue weighted by molar-refractivity contribution is -0.119. The Morgan fingerprint density at radius 3 is 2.44 bits per heavy atom. The summed E-state index contributed by atoms with van der Waals surface area (Å²) in [6.07, 6.45) is 0. The van der Waals surface area contributed by atoms with Gasteiger partial charge in [0.05, 0.1) is 16.3 Å². The van der Waals surface area contributed by atoms with Crippen LogP contribution in [0.15, 0.2) is 60.7 Å². The molecule has 164 valence electrons. The maximum absolute atomic E-state index is 12.6. The maximum atomic E-state index is 12.6. The molecule has 3 rings (SSSR count). The molecule has 3 aromatic rings. The van der Waals surface area contributed by atoms with Gasteiger partial charge in [0.15, 0.2) is 12.3 Å². The average Bonchev–Trinajstić information content (AvgIpc) is 2.79. The molecule has 0 unspecified atom stereocenters. The van der Waals surface area contributed by atoms with E-state index in [1.165, 1.54) is 12.1 Å². The second kappa shape index (κ2) is 10.7. The highest BCUT2D eigenvalue weighted by atomic mass is 35.5. The van der Waals surface area contributed by atoms with Gasteiger partial charge in [-0.25, -0.2) is 9.78 Å². The number of hydrogen-bond acceptors (Lipinski definition) is 5. The summed E-state index contributed by atoms with van der Waals surface area (Å²) in [5.41, 5.74) is 2.45. The van der Waals surface area contributed by atoms with Gasteiger partial charge in [0.2, 0.25) is 0 Å². The summed E-state index contributed by atoms with van der Waals surface area (Å²) in [6, 6.07) is 17.1. The van der Waals surface area contributed by atoms with E-state index in [0.717, 1.165) is 11.1 Å². The Morgan fingerprint density at radius 1 is 0.969 bits per heavy atom. The van der Waals surface area contributed by atoms with Gasteiger partial charge in [0, 0.05) is 6.54 Å². The summed E-state index contributed by atoms with van der Waals surface area (Å²) in [4.78, 5) is 40.8. The molecule has 9 heteroatoms. The molecule has 0 aliphatic heterocycles. The predicted octanol–water partition coefficient (Wildman–Crippen LogP) is 4.42. The smallest absolute Gasteiger partial charge is 0.359 e. The average molecular weight is 472 g/mol. The first-order valence-corrected chi connectivity index (χ1v) is 10.3. The van der Waals surface area contributed by atoms with E-state index in [1.54, 1.807) is 24.3 Å². The first kappa shape index (κ1) is 23.2. The predicted molar refractivity (Wildman–Crippen MR) is 122 cm³/mol. The zero-order valence-electron chi connectivity index (χ0n) is 17.0. The van der Waals surface area contributed by atoms with Crippen LogP contribution in [0.4, 0.5) is 5.69 Å². The minimum atomic E-state index is -0.892. The molecule has 2 N–H and O–H groups in total. The number of hydrogen-bond donors (Lipinski definition) is 2. The highest BCUT2D eigenvalue weighted by molar-refractivity contribution is 6.34. The number of pyridine rings is 1. The summed E-state index contributed by atoms with van der Waals surface area (Å²) in [5, 5.41) is 5.51. The van der Waals surface area contributed by atoms with E-state index < -0.39 is 18.5 Å². The Bertz CT molecular complexity index is 1150. The van der Waals surface area contributed by atoms with Crippen LogP contribution in [0.5, 0.6) is 0 Å². The minimum absolute atomic E-state index is 0.0513. The van der Waals surface area contributed by atoms with Gasteiger partial charge in [-0.05, 0) is 36.8 Å². The van der Waals surface area contributed by atoms with Crippen LogP contribution >= 0.6 is 23.2 Å². The number of halogens is 2. The molecule has 0 fully saturated rings. The number of carbonyl (C=O) groups excluding carboxylic acids is 3. The Hall–Kier alpha value is -3.42.